The largest absolute Gasteiger partial charge is 0.493 e. The first-order chi connectivity index (χ1) is 10.1. The van der Waals surface area contributed by atoms with Gasteiger partial charge in [-0.3, -0.25) is 4.79 Å². The first-order valence-electron chi connectivity index (χ1n) is 6.82. The molecule has 0 bridgehead atoms. The fourth-order valence-corrected chi connectivity index (χ4v) is 2.46. The molecule has 2 aromatic carbocycles. The Morgan fingerprint density at radius 1 is 1.10 bits per heavy atom. The number of hydrogen-bond donors (Lipinski definition) is 1. The molecule has 110 valence electrons. The van der Waals surface area contributed by atoms with Gasteiger partial charge < -0.3 is 9.84 Å². The number of ether oxygens (including phenoxy) is 1. The lowest BCUT2D eigenvalue weighted by Crippen LogP contribution is -2.05. The van der Waals surface area contributed by atoms with Crippen LogP contribution in [-0.2, 0) is 17.6 Å². The van der Waals surface area contributed by atoms with E-state index in [2.05, 4.69) is 28.1 Å². The minimum absolute atomic E-state index is 0.103. The molecule has 0 aliphatic rings. The van der Waals surface area contributed by atoms with Crippen LogP contribution in [0.5, 0.6) is 5.75 Å². The molecule has 0 unspecified atom stereocenters. The van der Waals surface area contributed by atoms with Gasteiger partial charge >= 0.3 is 5.97 Å². The highest BCUT2D eigenvalue weighted by Crippen LogP contribution is 2.24. The van der Waals surface area contributed by atoms with Gasteiger partial charge in [0.1, 0.15) is 5.75 Å². The van der Waals surface area contributed by atoms with Crippen molar-refractivity contribution in [3.8, 4) is 5.75 Å². The Bertz CT molecular complexity index is 596. The Balaban J connectivity index is 1.96. The van der Waals surface area contributed by atoms with E-state index in [-0.39, 0.29) is 6.42 Å². The molecule has 0 aromatic heterocycles. The summed E-state index contributed by atoms with van der Waals surface area (Å²) in [4.78, 5) is 10.7. The third kappa shape index (κ3) is 5.23. The van der Waals surface area contributed by atoms with Crippen molar-refractivity contribution in [3.05, 3.63) is 64.1 Å². The third-order valence-electron chi connectivity index (χ3n) is 3.12. The van der Waals surface area contributed by atoms with Gasteiger partial charge in [0.05, 0.1) is 6.61 Å². The van der Waals surface area contributed by atoms with Gasteiger partial charge in [-0.15, -0.1) is 0 Å². The molecule has 0 aliphatic carbocycles. The Hall–Kier alpha value is -1.81. The van der Waals surface area contributed by atoms with Crippen molar-refractivity contribution in [1.29, 1.82) is 0 Å². The van der Waals surface area contributed by atoms with Gasteiger partial charge in [0, 0.05) is 17.3 Å². The molecule has 2 aromatic rings. The van der Waals surface area contributed by atoms with Crippen molar-refractivity contribution >= 4 is 21.9 Å². The molecule has 21 heavy (non-hydrogen) atoms. The number of rotatable bonds is 7. The molecule has 0 fully saturated rings. The maximum Gasteiger partial charge on any atom is 0.303 e. The van der Waals surface area contributed by atoms with Crippen LogP contribution >= 0.6 is 15.9 Å². The van der Waals surface area contributed by atoms with Crippen molar-refractivity contribution in [1.82, 2.24) is 0 Å². The lowest BCUT2D eigenvalue weighted by molar-refractivity contribution is -0.136. The second kappa shape index (κ2) is 7.84. The maximum atomic E-state index is 10.7. The second-order valence-corrected chi connectivity index (χ2v) is 5.65. The molecular formula is C17H17BrO3. The highest BCUT2D eigenvalue weighted by molar-refractivity contribution is 9.10. The zero-order chi connectivity index (χ0) is 15.1. The Morgan fingerprint density at radius 3 is 2.57 bits per heavy atom. The van der Waals surface area contributed by atoms with Crippen LogP contribution in [0, 0.1) is 0 Å². The van der Waals surface area contributed by atoms with Crippen LogP contribution in [0.4, 0.5) is 0 Å². The average Bonchev–Trinajstić information content (AvgIpc) is 2.48. The maximum absolute atomic E-state index is 10.7. The molecule has 0 atom stereocenters. The van der Waals surface area contributed by atoms with E-state index in [0.717, 1.165) is 22.2 Å². The van der Waals surface area contributed by atoms with Crippen molar-refractivity contribution in [2.45, 2.75) is 19.3 Å². The van der Waals surface area contributed by atoms with Gasteiger partial charge in [-0.05, 0) is 35.7 Å². The molecule has 0 aliphatic heterocycles. The molecule has 0 saturated heterocycles. The number of aryl methyl sites for hydroxylation is 1. The summed E-state index contributed by atoms with van der Waals surface area (Å²) in [5.41, 5.74) is 2.14. The first kappa shape index (κ1) is 15.6. The highest BCUT2D eigenvalue weighted by Gasteiger charge is 2.07. The summed E-state index contributed by atoms with van der Waals surface area (Å²) < 4.78 is 6.74. The fraction of sp³-hybridized carbons (Fsp3) is 0.235. The molecule has 4 heteroatoms. The summed E-state index contributed by atoms with van der Waals surface area (Å²) in [5.74, 6) is -0.0411. The summed E-state index contributed by atoms with van der Waals surface area (Å²) in [6, 6.07) is 15.8. The lowest BCUT2D eigenvalue weighted by Gasteiger charge is -2.11. The number of halogens is 1. The van der Waals surface area contributed by atoms with Crippen LogP contribution in [0.3, 0.4) is 0 Å². The molecule has 1 N–H and O–H groups in total. The van der Waals surface area contributed by atoms with Crippen LogP contribution in [0.2, 0.25) is 0 Å². The predicted octanol–water partition coefficient (Wildman–Crippen LogP) is 4.09. The van der Waals surface area contributed by atoms with Gasteiger partial charge in [-0.2, -0.15) is 0 Å². The van der Waals surface area contributed by atoms with E-state index in [4.69, 9.17) is 9.84 Å². The Kier molecular flexibility index (Phi) is 5.81. The predicted molar refractivity (Wildman–Crippen MR) is 85.7 cm³/mol. The van der Waals surface area contributed by atoms with Crippen molar-refractivity contribution in [3.63, 3.8) is 0 Å². The fourth-order valence-electron chi connectivity index (χ4n) is 2.05. The summed E-state index contributed by atoms with van der Waals surface area (Å²) in [6.07, 6.45) is 1.40. The molecule has 2 rings (SSSR count). The standard InChI is InChI=1S/C17H17BrO3/c18-15-7-8-16(14(12-15)6-9-17(19)20)21-11-10-13-4-2-1-3-5-13/h1-5,7-8,12H,6,9-11H2,(H,19,20). The van der Waals surface area contributed by atoms with Crippen LogP contribution in [-0.4, -0.2) is 17.7 Å². The number of carboxylic acid groups (broad SMARTS) is 1. The minimum atomic E-state index is -0.801. The van der Waals surface area contributed by atoms with E-state index in [1.165, 1.54) is 5.56 Å². The van der Waals surface area contributed by atoms with E-state index >= 15 is 0 Å². The number of benzene rings is 2. The SMILES string of the molecule is O=C(O)CCc1cc(Br)ccc1OCCc1ccccc1. The summed E-state index contributed by atoms with van der Waals surface area (Å²) >= 11 is 3.41. The molecule has 0 amide bonds. The second-order valence-electron chi connectivity index (χ2n) is 4.73. The molecular weight excluding hydrogens is 332 g/mol. The number of aliphatic carboxylic acids is 1. The number of carbonyl (C=O) groups is 1. The molecule has 0 spiro atoms. The highest BCUT2D eigenvalue weighted by atomic mass is 79.9. The number of carboxylic acids is 1. The van der Waals surface area contributed by atoms with E-state index in [9.17, 15) is 4.79 Å². The Labute approximate surface area is 132 Å². The minimum Gasteiger partial charge on any atom is -0.493 e. The zero-order valence-corrected chi connectivity index (χ0v) is 13.2. The third-order valence-corrected chi connectivity index (χ3v) is 3.62. The topological polar surface area (TPSA) is 46.5 Å². The normalized spacial score (nSPS) is 10.3. The van der Waals surface area contributed by atoms with E-state index in [0.29, 0.717) is 13.0 Å². The quantitative estimate of drug-likeness (QED) is 0.819. The molecule has 0 saturated carbocycles. The van der Waals surface area contributed by atoms with Crippen LogP contribution in [0.15, 0.2) is 53.0 Å². The van der Waals surface area contributed by atoms with Gasteiger partial charge in [-0.25, -0.2) is 0 Å². The zero-order valence-electron chi connectivity index (χ0n) is 11.6. The summed E-state index contributed by atoms with van der Waals surface area (Å²) in [7, 11) is 0. The molecule has 0 heterocycles. The van der Waals surface area contributed by atoms with Gasteiger partial charge in [0.2, 0.25) is 0 Å². The monoisotopic (exact) mass is 348 g/mol. The van der Waals surface area contributed by atoms with E-state index < -0.39 is 5.97 Å². The average molecular weight is 349 g/mol. The van der Waals surface area contributed by atoms with Crippen LogP contribution in [0.1, 0.15) is 17.5 Å². The molecule has 0 radical (unpaired) electrons. The molecule has 3 nitrogen and oxygen atoms in total. The van der Waals surface area contributed by atoms with Crippen molar-refractivity contribution in [2.75, 3.05) is 6.61 Å². The van der Waals surface area contributed by atoms with Crippen molar-refractivity contribution in [2.24, 2.45) is 0 Å². The number of hydrogen-bond acceptors (Lipinski definition) is 2. The van der Waals surface area contributed by atoms with E-state index in [1.54, 1.807) is 0 Å². The summed E-state index contributed by atoms with van der Waals surface area (Å²) in [5, 5.41) is 8.81. The Morgan fingerprint density at radius 2 is 1.86 bits per heavy atom. The van der Waals surface area contributed by atoms with Crippen molar-refractivity contribution < 1.29 is 14.6 Å². The van der Waals surface area contributed by atoms with Gasteiger partial charge in [-0.1, -0.05) is 46.3 Å². The first-order valence-corrected chi connectivity index (χ1v) is 7.61. The van der Waals surface area contributed by atoms with Gasteiger partial charge in [0.25, 0.3) is 0 Å². The summed E-state index contributed by atoms with van der Waals surface area (Å²) in [6.45, 7) is 0.575. The van der Waals surface area contributed by atoms with Crippen LogP contribution < -0.4 is 4.74 Å². The van der Waals surface area contributed by atoms with E-state index in [1.807, 2.05) is 36.4 Å². The van der Waals surface area contributed by atoms with Crippen LogP contribution in [0.25, 0.3) is 0 Å². The smallest absolute Gasteiger partial charge is 0.303 e. The lowest BCUT2D eigenvalue weighted by atomic mass is 10.1. The van der Waals surface area contributed by atoms with Gasteiger partial charge in [0.15, 0.2) is 0 Å².